The zero-order chi connectivity index (χ0) is 17.7. The van der Waals surface area contributed by atoms with Gasteiger partial charge in [0.2, 0.25) is 0 Å². The fraction of sp³-hybridized carbons (Fsp3) is 0.167. The molecule has 124 valence electrons. The fourth-order valence-corrected chi connectivity index (χ4v) is 7.69. The fourth-order valence-electron chi connectivity index (χ4n) is 3.80. The van der Waals surface area contributed by atoms with Gasteiger partial charge in [0.15, 0.2) is 8.07 Å². The number of benzene rings is 2. The van der Waals surface area contributed by atoms with Gasteiger partial charge >= 0.3 is 0 Å². The molecule has 0 aromatic heterocycles. The highest BCUT2D eigenvalue weighted by Gasteiger charge is 2.38. The van der Waals surface area contributed by atoms with Gasteiger partial charge in [0.1, 0.15) is 0 Å². The monoisotopic (exact) mass is 340 g/mol. The van der Waals surface area contributed by atoms with Gasteiger partial charge in [-0.1, -0.05) is 86.0 Å². The minimum atomic E-state index is -2.25. The molecule has 1 unspecified atom stereocenters. The van der Waals surface area contributed by atoms with Crippen molar-refractivity contribution in [2.75, 3.05) is 0 Å². The van der Waals surface area contributed by atoms with Gasteiger partial charge in [-0.25, -0.2) is 0 Å². The minimum absolute atomic E-state index is 0.474. The molecule has 0 bridgehead atoms. The third kappa shape index (κ3) is 3.45. The molecule has 0 saturated heterocycles. The Morgan fingerprint density at radius 1 is 1.04 bits per heavy atom. The Labute approximate surface area is 152 Å². The summed E-state index contributed by atoms with van der Waals surface area (Å²) in [5.41, 5.74) is 5.69. The van der Waals surface area contributed by atoms with E-state index in [2.05, 4.69) is 85.4 Å². The first-order chi connectivity index (χ1) is 12.2. The van der Waals surface area contributed by atoms with Crippen LogP contribution in [0.4, 0.5) is 0 Å². The lowest BCUT2D eigenvalue weighted by molar-refractivity contribution is 0.620. The molecule has 0 N–H and O–H groups in total. The molecule has 0 fully saturated rings. The number of allylic oxidation sites excluding steroid dienone is 4. The van der Waals surface area contributed by atoms with Gasteiger partial charge < -0.3 is 0 Å². The Morgan fingerprint density at radius 3 is 2.08 bits per heavy atom. The van der Waals surface area contributed by atoms with Gasteiger partial charge in [-0.3, -0.25) is 0 Å². The van der Waals surface area contributed by atoms with Gasteiger partial charge in [0.05, 0.1) is 0 Å². The first kappa shape index (κ1) is 17.3. The summed E-state index contributed by atoms with van der Waals surface area (Å²) in [6.45, 7) is 8.11. The Morgan fingerprint density at radius 2 is 1.60 bits per heavy atom. The van der Waals surface area contributed by atoms with Crippen molar-refractivity contribution in [2.24, 2.45) is 5.92 Å². The molecule has 2 aromatic carbocycles. The highest BCUT2D eigenvalue weighted by Crippen LogP contribution is 2.32. The molecule has 1 aliphatic rings. The van der Waals surface area contributed by atoms with Gasteiger partial charge in [0, 0.05) is 0 Å². The van der Waals surface area contributed by atoms with Gasteiger partial charge in [-0.05, 0) is 46.3 Å². The summed E-state index contributed by atoms with van der Waals surface area (Å²) < 4.78 is 0. The average molecular weight is 341 g/mol. The highest BCUT2D eigenvalue weighted by molar-refractivity contribution is 7.08. The second-order valence-corrected chi connectivity index (χ2v) is 10.4. The molecular formula is C24H24Si. The zero-order valence-corrected chi connectivity index (χ0v) is 15.6. The molecule has 0 nitrogen and oxygen atoms in total. The summed E-state index contributed by atoms with van der Waals surface area (Å²) in [4.78, 5) is 0. The van der Waals surface area contributed by atoms with Crippen LogP contribution >= 0.6 is 0 Å². The predicted octanol–water partition coefficient (Wildman–Crippen LogP) is 4.50. The second kappa shape index (κ2) is 7.55. The highest BCUT2D eigenvalue weighted by atomic mass is 28.3. The van der Waals surface area contributed by atoms with Crippen molar-refractivity contribution >= 4 is 18.4 Å². The molecule has 0 heterocycles. The Hall–Kier alpha value is -2.56. The van der Waals surface area contributed by atoms with E-state index in [4.69, 9.17) is 6.42 Å². The van der Waals surface area contributed by atoms with Crippen molar-refractivity contribution in [3.63, 3.8) is 0 Å². The van der Waals surface area contributed by atoms with E-state index in [0.717, 1.165) is 18.9 Å². The molecular weight excluding hydrogens is 316 g/mol. The Balaban J connectivity index is 2.07. The molecule has 1 heteroatoms. The molecule has 0 radical (unpaired) electrons. The van der Waals surface area contributed by atoms with Crippen LogP contribution in [0.2, 0.25) is 6.04 Å². The Bertz CT molecular complexity index is 782. The maximum absolute atomic E-state index is 6.24. The molecule has 3 rings (SSSR count). The van der Waals surface area contributed by atoms with Crippen LogP contribution in [-0.2, 0) is 0 Å². The summed E-state index contributed by atoms with van der Waals surface area (Å²) in [5.74, 6) is 0.474. The summed E-state index contributed by atoms with van der Waals surface area (Å²) in [6, 6.07) is 22.4. The lowest BCUT2D eigenvalue weighted by Gasteiger charge is -2.32. The number of rotatable bonds is 5. The first-order valence-corrected chi connectivity index (χ1v) is 11.0. The van der Waals surface area contributed by atoms with E-state index in [9.17, 15) is 0 Å². The summed E-state index contributed by atoms with van der Waals surface area (Å²) in [6.07, 6.45) is 12.6. The van der Waals surface area contributed by atoms with Crippen LogP contribution in [0.3, 0.4) is 0 Å². The maximum atomic E-state index is 6.24. The SMILES string of the molecule is C#C[Si](CC1C=C(C=C)C(=C)CC1)(c1ccccc1)c1ccccc1. The summed E-state index contributed by atoms with van der Waals surface area (Å²) in [5, 5.41) is 2.64. The molecule has 25 heavy (non-hydrogen) atoms. The third-order valence-electron chi connectivity index (χ3n) is 5.21. The quantitative estimate of drug-likeness (QED) is 0.555. The van der Waals surface area contributed by atoms with Gasteiger partial charge in [-0.15, -0.1) is 12.0 Å². The van der Waals surface area contributed by atoms with Crippen LogP contribution in [0, 0.1) is 17.9 Å². The molecule has 2 aromatic rings. The maximum Gasteiger partial charge on any atom is 0.199 e. The standard InChI is InChI=1S/C24H24Si/c1-4-22-18-21(17-16-20(22)3)19-25(5-2,23-12-8-6-9-13-23)24-14-10-7-11-15-24/h2,4,6-15,18,21H,1,3,16-17,19H2. The van der Waals surface area contributed by atoms with Crippen molar-refractivity contribution in [3.8, 4) is 12.0 Å². The number of hydrogen-bond donors (Lipinski definition) is 0. The van der Waals surface area contributed by atoms with Crippen LogP contribution in [0.15, 0.2) is 97.1 Å². The summed E-state index contributed by atoms with van der Waals surface area (Å²) in [7, 11) is -2.25. The van der Waals surface area contributed by atoms with Crippen molar-refractivity contribution < 1.29 is 0 Å². The Kier molecular flexibility index (Phi) is 5.21. The van der Waals surface area contributed by atoms with E-state index in [-0.39, 0.29) is 0 Å². The number of terminal acetylenes is 1. The van der Waals surface area contributed by atoms with Crippen molar-refractivity contribution in [2.45, 2.75) is 18.9 Å². The van der Waals surface area contributed by atoms with Crippen LogP contribution < -0.4 is 10.4 Å². The van der Waals surface area contributed by atoms with E-state index in [1.54, 1.807) is 0 Å². The van der Waals surface area contributed by atoms with Crippen molar-refractivity contribution in [1.82, 2.24) is 0 Å². The van der Waals surface area contributed by atoms with Crippen LogP contribution in [0.1, 0.15) is 12.8 Å². The smallest absolute Gasteiger partial charge is 0.126 e. The minimum Gasteiger partial charge on any atom is -0.126 e. The van der Waals surface area contributed by atoms with Crippen LogP contribution in [0.5, 0.6) is 0 Å². The average Bonchev–Trinajstić information content (AvgIpc) is 2.69. The van der Waals surface area contributed by atoms with Crippen molar-refractivity contribution in [1.29, 1.82) is 0 Å². The lowest BCUT2D eigenvalue weighted by Crippen LogP contribution is -2.58. The summed E-state index contributed by atoms with van der Waals surface area (Å²) >= 11 is 0. The topological polar surface area (TPSA) is 0 Å². The molecule has 0 saturated carbocycles. The van der Waals surface area contributed by atoms with E-state index >= 15 is 0 Å². The molecule has 1 aliphatic carbocycles. The van der Waals surface area contributed by atoms with E-state index in [0.29, 0.717) is 5.92 Å². The zero-order valence-electron chi connectivity index (χ0n) is 14.6. The predicted molar refractivity (Wildman–Crippen MR) is 112 cm³/mol. The third-order valence-corrected chi connectivity index (χ3v) is 9.48. The van der Waals surface area contributed by atoms with Crippen LogP contribution in [-0.4, -0.2) is 8.07 Å². The van der Waals surface area contributed by atoms with E-state index in [1.165, 1.54) is 21.5 Å². The molecule has 0 aliphatic heterocycles. The second-order valence-electron chi connectivity index (χ2n) is 6.71. The van der Waals surface area contributed by atoms with Gasteiger partial charge in [-0.2, -0.15) is 0 Å². The van der Waals surface area contributed by atoms with Crippen LogP contribution in [0.25, 0.3) is 0 Å². The normalized spacial score (nSPS) is 17.5. The molecule has 0 amide bonds. The van der Waals surface area contributed by atoms with E-state index < -0.39 is 8.07 Å². The lowest BCUT2D eigenvalue weighted by atomic mass is 9.88. The van der Waals surface area contributed by atoms with Crippen molar-refractivity contribution in [3.05, 3.63) is 97.1 Å². The van der Waals surface area contributed by atoms with E-state index in [1.807, 2.05) is 6.08 Å². The largest absolute Gasteiger partial charge is 0.199 e. The molecule has 0 spiro atoms. The number of hydrogen-bond acceptors (Lipinski definition) is 0. The first-order valence-electron chi connectivity index (χ1n) is 8.81. The molecule has 1 atom stereocenters. The van der Waals surface area contributed by atoms with Gasteiger partial charge in [0.25, 0.3) is 0 Å².